The van der Waals surface area contributed by atoms with E-state index in [1.807, 2.05) is 13.8 Å². The molecule has 0 saturated heterocycles. The Morgan fingerprint density at radius 1 is 1.00 bits per heavy atom. The van der Waals surface area contributed by atoms with E-state index in [9.17, 15) is 9.59 Å². The van der Waals surface area contributed by atoms with Gasteiger partial charge in [-0.2, -0.15) is 0 Å². The molecule has 2 unspecified atom stereocenters. The van der Waals surface area contributed by atoms with Crippen molar-refractivity contribution in [3.05, 3.63) is 0 Å². The van der Waals surface area contributed by atoms with Gasteiger partial charge < -0.3 is 9.47 Å². The van der Waals surface area contributed by atoms with Crippen molar-refractivity contribution in [1.29, 1.82) is 0 Å². The summed E-state index contributed by atoms with van der Waals surface area (Å²) in [7, 11) is 0. The van der Waals surface area contributed by atoms with Gasteiger partial charge in [0.25, 0.3) is 0 Å². The van der Waals surface area contributed by atoms with Gasteiger partial charge in [0.1, 0.15) is 11.2 Å². The summed E-state index contributed by atoms with van der Waals surface area (Å²) in [5, 5.41) is 0. The molecule has 0 radical (unpaired) electrons. The summed E-state index contributed by atoms with van der Waals surface area (Å²) in [6.45, 7) is 7.04. The fourth-order valence-electron chi connectivity index (χ4n) is 5.77. The van der Waals surface area contributed by atoms with Crippen molar-refractivity contribution in [2.75, 3.05) is 0 Å². The van der Waals surface area contributed by atoms with Crippen LogP contribution in [0.1, 0.15) is 66.2 Å². The Hall–Kier alpha value is -1.06. The lowest BCUT2D eigenvalue weighted by molar-refractivity contribution is -0.240. The van der Waals surface area contributed by atoms with E-state index in [-0.39, 0.29) is 23.0 Å². The maximum atomic E-state index is 11.6. The monoisotopic (exact) mass is 294 g/mol. The van der Waals surface area contributed by atoms with Crippen molar-refractivity contribution in [2.24, 2.45) is 17.3 Å². The second kappa shape index (κ2) is 4.47. The highest BCUT2D eigenvalue weighted by Gasteiger charge is 2.64. The first-order chi connectivity index (χ1) is 9.65. The number of carbonyl (C=O) groups excluding carboxylic acids is 2. The van der Waals surface area contributed by atoms with Crippen LogP contribution < -0.4 is 0 Å². The van der Waals surface area contributed by atoms with Crippen LogP contribution in [0.15, 0.2) is 0 Å². The molecule has 0 aromatic carbocycles. The van der Waals surface area contributed by atoms with Crippen LogP contribution in [0.3, 0.4) is 0 Å². The molecule has 0 aliphatic heterocycles. The summed E-state index contributed by atoms with van der Waals surface area (Å²) >= 11 is 0. The molecule has 4 nitrogen and oxygen atoms in total. The molecule has 2 atom stereocenters. The van der Waals surface area contributed by atoms with Crippen LogP contribution in [-0.4, -0.2) is 23.1 Å². The van der Waals surface area contributed by atoms with E-state index in [1.165, 1.54) is 20.3 Å². The van der Waals surface area contributed by atoms with Gasteiger partial charge in [0.15, 0.2) is 0 Å². The van der Waals surface area contributed by atoms with Crippen LogP contribution in [0.5, 0.6) is 0 Å². The number of esters is 2. The van der Waals surface area contributed by atoms with Gasteiger partial charge in [0, 0.05) is 19.3 Å². The zero-order valence-electron chi connectivity index (χ0n) is 13.5. The standard InChI is InChI=1S/C17H26O4/c1-11(18)20-15(3,4)16-6-13-5-14(7-16)9-17(8-13,10-16)21-12(2)19/h13-14H,5-10H2,1-4H3. The Morgan fingerprint density at radius 2 is 1.57 bits per heavy atom. The van der Waals surface area contributed by atoms with Crippen LogP contribution in [0, 0.1) is 17.3 Å². The zero-order chi connectivity index (χ0) is 15.5. The van der Waals surface area contributed by atoms with Gasteiger partial charge in [-0.25, -0.2) is 0 Å². The third kappa shape index (κ3) is 2.36. The largest absolute Gasteiger partial charge is 0.459 e. The first-order valence-electron chi connectivity index (χ1n) is 8.05. The van der Waals surface area contributed by atoms with Gasteiger partial charge >= 0.3 is 11.9 Å². The van der Waals surface area contributed by atoms with Crippen molar-refractivity contribution in [2.45, 2.75) is 77.4 Å². The fourth-order valence-corrected chi connectivity index (χ4v) is 5.77. The molecule has 21 heavy (non-hydrogen) atoms. The highest BCUT2D eigenvalue weighted by Crippen LogP contribution is 2.66. The van der Waals surface area contributed by atoms with E-state index < -0.39 is 5.60 Å². The minimum atomic E-state index is -0.498. The van der Waals surface area contributed by atoms with Crippen molar-refractivity contribution in [3.63, 3.8) is 0 Å². The highest BCUT2D eigenvalue weighted by molar-refractivity contribution is 5.67. The van der Waals surface area contributed by atoms with Gasteiger partial charge in [-0.05, 0) is 64.2 Å². The molecule has 4 saturated carbocycles. The SMILES string of the molecule is CC(=O)OC12CC3CC(C1)CC(C(C)(C)OC(C)=O)(C3)C2. The predicted molar refractivity (Wildman–Crippen MR) is 77.5 cm³/mol. The average molecular weight is 294 g/mol. The number of hydrogen-bond donors (Lipinski definition) is 0. The van der Waals surface area contributed by atoms with Crippen LogP contribution >= 0.6 is 0 Å². The van der Waals surface area contributed by atoms with Gasteiger partial charge in [0.05, 0.1) is 0 Å². The van der Waals surface area contributed by atoms with Gasteiger partial charge in [-0.1, -0.05) is 0 Å². The molecule has 4 aliphatic carbocycles. The molecule has 4 fully saturated rings. The van der Waals surface area contributed by atoms with Gasteiger partial charge in [-0.15, -0.1) is 0 Å². The second-order valence-corrected chi connectivity index (χ2v) is 8.12. The first kappa shape index (κ1) is 14.9. The molecule has 0 N–H and O–H groups in total. The molecule has 4 heteroatoms. The molecule has 0 aromatic heterocycles. The summed E-state index contributed by atoms with van der Waals surface area (Å²) in [6, 6.07) is 0. The Labute approximate surface area is 126 Å². The normalized spacial score (nSPS) is 41.0. The summed E-state index contributed by atoms with van der Waals surface area (Å²) in [5.74, 6) is 0.788. The third-order valence-electron chi connectivity index (χ3n) is 6.04. The van der Waals surface area contributed by atoms with Crippen LogP contribution in [0.2, 0.25) is 0 Å². The van der Waals surface area contributed by atoms with E-state index in [1.54, 1.807) is 0 Å². The lowest BCUT2D eigenvalue weighted by atomic mass is 9.44. The highest BCUT2D eigenvalue weighted by atomic mass is 16.6. The molecule has 0 aromatic rings. The second-order valence-electron chi connectivity index (χ2n) is 8.12. The van der Waals surface area contributed by atoms with Crippen molar-refractivity contribution >= 4 is 11.9 Å². The van der Waals surface area contributed by atoms with E-state index >= 15 is 0 Å². The molecule has 0 spiro atoms. The number of carbonyl (C=O) groups is 2. The Balaban J connectivity index is 1.93. The van der Waals surface area contributed by atoms with Crippen LogP contribution in [0.25, 0.3) is 0 Å². The average Bonchev–Trinajstić information content (AvgIpc) is 2.22. The number of ether oxygens (including phenoxy) is 2. The number of rotatable bonds is 3. The van der Waals surface area contributed by atoms with Crippen molar-refractivity contribution in [3.8, 4) is 0 Å². The molecular formula is C17H26O4. The first-order valence-corrected chi connectivity index (χ1v) is 8.05. The summed E-state index contributed by atoms with van der Waals surface area (Å²) < 4.78 is 11.5. The van der Waals surface area contributed by atoms with Gasteiger partial charge in [-0.3, -0.25) is 9.59 Å². The molecule has 4 bridgehead atoms. The van der Waals surface area contributed by atoms with E-state index in [2.05, 4.69) is 0 Å². The van der Waals surface area contributed by atoms with E-state index in [0.29, 0.717) is 11.8 Å². The van der Waals surface area contributed by atoms with Crippen molar-refractivity contribution < 1.29 is 19.1 Å². The summed E-state index contributed by atoms with van der Waals surface area (Å²) in [4.78, 5) is 23.1. The quantitative estimate of drug-likeness (QED) is 0.750. The van der Waals surface area contributed by atoms with E-state index in [0.717, 1.165) is 32.1 Å². The smallest absolute Gasteiger partial charge is 0.303 e. The Kier molecular flexibility index (Phi) is 3.16. The third-order valence-corrected chi connectivity index (χ3v) is 6.04. The van der Waals surface area contributed by atoms with Crippen LogP contribution in [-0.2, 0) is 19.1 Å². The summed E-state index contributed by atoms with van der Waals surface area (Å²) in [6.07, 6.45) is 6.23. The Morgan fingerprint density at radius 3 is 2.05 bits per heavy atom. The molecular weight excluding hydrogens is 268 g/mol. The molecule has 0 heterocycles. The topological polar surface area (TPSA) is 52.6 Å². The molecule has 4 rings (SSSR count). The van der Waals surface area contributed by atoms with Crippen LogP contribution in [0.4, 0.5) is 0 Å². The predicted octanol–water partition coefficient (Wildman–Crippen LogP) is 3.23. The number of hydrogen-bond acceptors (Lipinski definition) is 4. The molecule has 4 aliphatic rings. The minimum absolute atomic E-state index is 0.0434. The maximum absolute atomic E-state index is 11.6. The molecule has 0 amide bonds. The molecule has 118 valence electrons. The fraction of sp³-hybridized carbons (Fsp3) is 0.882. The maximum Gasteiger partial charge on any atom is 0.303 e. The zero-order valence-corrected chi connectivity index (χ0v) is 13.5. The lowest BCUT2D eigenvalue weighted by Crippen LogP contribution is -2.63. The van der Waals surface area contributed by atoms with E-state index in [4.69, 9.17) is 9.47 Å². The summed E-state index contributed by atoms with van der Waals surface area (Å²) in [5.41, 5.74) is -0.854. The van der Waals surface area contributed by atoms with Crippen molar-refractivity contribution in [1.82, 2.24) is 0 Å². The van der Waals surface area contributed by atoms with Gasteiger partial charge in [0.2, 0.25) is 0 Å². The minimum Gasteiger partial charge on any atom is -0.459 e. The Bertz CT molecular complexity index is 465. The lowest BCUT2D eigenvalue weighted by Gasteiger charge is -2.64.